The third kappa shape index (κ3) is 2.68. The lowest BCUT2D eigenvalue weighted by Crippen LogP contribution is -3.11. The van der Waals surface area contributed by atoms with Gasteiger partial charge in [-0.1, -0.05) is 18.2 Å². The van der Waals surface area contributed by atoms with Crippen LogP contribution in [0.3, 0.4) is 0 Å². The van der Waals surface area contributed by atoms with E-state index in [-0.39, 0.29) is 18.7 Å². The van der Waals surface area contributed by atoms with E-state index in [4.69, 9.17) is 14.2 Å². The Morgan fingerprint density at radius 3 is 2.84 bits per heavy atom. The molecule has 0 saturated heterocycles. The van der Waals surface area contributed by atoms with Crippen LogP contribution in [0.1, 0.15) is 17.2 Å². The second kappa shape index (κ2) is 6.29. The summed E-state index contributed by atoms with van der Waals surface area (Å²) in [5, 5.41) is 3.01. The summed E-state index contributed by atoms with van der Waals surface area (Å²) < 4.78 is 16.7. The van der Waals surface area contributed by atoms with Crippen LogP contribution in [0, 0.1) is 0 Å². The first-order valence-electron chi connectivity index (χ1n) is 8.36. The zero-order valence-corrected chi connectivity index (χ0v) is 14.3. The summed E-state index contributed by atoms with van der Waals surface area (Å²) in [6.07, 6.45) is 0.864. The van der Waals surface area contributed by atoms with Gasteiger partial charge in [0.1, 0.15) is 0 Å². The summed E-state index contributed by atoms with van der Waals surface area (Å²) >= 11 is 0. The van der Waals surface area contributed by atoms with Crippen molar-refractivity contribution in [3.63, 3.8) is 0 Å². The van der Waals surface area contributed by atoms with Crippen LogP contribution in [0.15, 0.2) is 36.4 Å². The molecule has 2 aromatic rings. The minimum absolute atomic E-state index is 0.0539. The van der Waals surface area contributed by atoms with Crippen molar-refractivity contribution in [1.29, 1.82) is 0 Å². The maximum atomic E-state index is 13.0. The zero-order valence-electron chi connectivity index (χ0n) is 14.3. The maximum Gasteiger partial charge on any atom is 0.287 e. The molecule has 1 unspecified atom stereocenters. The molecular formula is C19H21N2O4+. The summed E-state index contributed by atoms with van der Waals surface area (Å²) in [5.74, 6) is 1.84. The molecule has 2 aliphatic heterocycles. The summed E-state index contributed by atoms with van der Waals surface area (Å²) in [6.45, 7) is 1.04. The van der Waals surface area contributed by atoms with Crippen LogP contribution in [0.2, 0.25) is 0 Å². The maximum absolute atomic E-state index is 13.0. The van der Waals surface area contributed by atoms with Crippen molar-refractivity contribution >= 4 is 11.6 Å². The van der Waals surface area contributed by atoms with Crippen molar-refractivity contribution in [1.82, 2.24) is 0 Å². The van der Waals surface area contributed by atoms with Gasteiger partial charge in [0.15, 0.2) is 17.5 Å². The number of amides is 1. The molecule has 4 rings (SSSR count). The van der Waals surface area contributed by atoms with E-state index in [9.17, 15) is 4.79 Å². The van der Waals surface area contributed by atoms with Crippen LogP contribution in [-0.2, 0) is 11.2 Å². The van der Waals surface area contributed by atoms with E-state index in [1.807, 2.05) is 43.4 Å². The van der Waals surface area contributed by atoms with E-state index in [0.717, 1.165) is 34.7 Å². The van der Waals surface area contributed by atoms with Crippen LogP contribution in [0.25, 0.3) is 0 Å². The molecule has 0 saturated carbocycles. The predicted octanol–water partition coefficient (Wildman–Crippen LogP) is 1.17. The molecular weight excluding hydrogens is 320 g/mol. The summed E-state index contributed by atoms with van der Waals surface area (Å²) in [6, 6.07) is 11.1. The topological polar surface area (TPSA) is 61.2 Å². The van der Waals surface area contributed by atoms with E-state index in [1.165, 1.54) is 0 Å². The number of carbonyl (C=O) groups is 1. The number of carbonyl (C=O) groups excluding carboxylic acids is 1. The molecule has 2 heterocycles. The highest BCUT2D eigenvalue weighted by Crippen LogP contribution is 2.47. The number of methoxy groups -OCH3 is 1. The summed E-state index contributed by atoms with van der Waals surface area (Å²) in [4.78, 5) is 14.2. The van der Waals surface area contributed by atoms with Gasteiger partial charge < -0.3 is 24.4 Å². The first-order chi connectivity index (χ1) is 12.2. The Hall–Kier alpha value is -2.73. The van der Waals surface area contributed by atoms with Crippen molar-refractivity contribution in [2.45, 2.75) is 12.5 Å². The molecule has 1 amide bonds. The lowest BCUT2D eigenvalue weighted by molar-refractivity contribution is -0.904. The molecule has 2 aliphatic rings. The average molecular weight is 341 g/mol. The highest BCUT2D eigenvalue weighted by Gasteiger charge is 2.40. The number of ether oxygens (including phenoxy) is 3. The molecule has 2 aromatic carbocycles. The first kappa shape index (κ1) is 15.8. The third-order valence-electron chi connectivity index (χ3n) is 4.82. The van der Waals surface area contributed by atoms with Crippen molar-refractivity contribution < 1.29 is 23.9 Å². The fourth-order valence-corrected chi connectivity index (χ4v) is 3.62. The Labute approximate surface area is 146 Å². The molecule has 2 N–H and O–H groups in total. The number of likely N-dealkylation sites (N-methyl/N-ethyl adjacent to an activating group) is 1. The lowest BCUT2D eigenvalue weighted by Gasteiger charge is -2.32. The van der Waals surface area contributed by atoms with Crippen molar-refractivity contribution in [2.75, 3.05) is 32.8 Å². The normalized spacial score (nSPS) is 20.7. The minimum Gasteiger partial charge on any atom is -0.492 e. The van der Waals surface area contributed by atoms with Gasteiger partial charge in [-0.15, -0.1) is 0 Å². The Balaban J connectivity index is 1.76. The average Bonchev–Trinajstić information content (AvgIpc) is 3.08. The number of anilines is 1. The second-order valence-corrected chi connectivity index (χ2v) is 6.35. The number of rotatable bonds is 3. The molecule has 130 valence electrons. The van der Waals surface area contributed by atoms with Gasteiger partial charge in [0.25, 0.3) is 5.91 Å². The monoisotopic (exact) mass is 341 g/mol. The second-order valence-electron chi connectivity index (χ2n) is 6.35. The molecule has 0 aliphatic carbocycles. The number of fused-ring (bicyclic) bond motifs is 2. The number of quaternary nitrogens is 1. The highest BCUT2D eigenvalue weighted by molar-refractivity contribution is 5.95. The minimum atomic E-state index is -0.367. The van der Waals surface area contributed by atoms with Crippen LogP contribution in [0.5, 0.6) is 17.2 Å². The number of hydrogen-bond donors (Lipinski definition) is 2. The van der Waals surface area contributed by atoms with Crippen LogP contribution in [-0.4, -0.2) is 33.4 Å². The molecule has 0 bridgehead atoms. The van der Waals surface area contributed by atoms with E-state index < -0.39 is 0 Å². The fourth-order valence-electron chi connectivity index (χ4n) is 3.62. The van der Waals surface area contributed by atoms with Crippen LogP contribution in [0.4, 0.5) is 5.69 Å². The van der Waals surface area contributed by atoms with Gasteiger partial charge in [-0.3, -0.25) is 4.79 Å². The number of hydrogen-bond acceptors (Lipinski definition) is 4. The lowest BCUT2D eigenvalue weighted by atomic mass is 9.90. The summed E-state index contributed by atoms with van der Waals surface area (Å²) in [5.41, 5.74) is 2.76. The zero-order chi connectivity index (χ0) is 17.4. The van der Waals surface area contributed by atoms with Gasteiger partial charge in [0.2, 0.25) is 12.5 Å². The smallest absolute Gasteiger partial charge is 0.287 e. The predicted molar refractivity (Wildman–Crippen MR) is 92.4 cm³/mol. The molecule has 6 nitrogen and oxygen atoms in total. The Morgan fingerprint density at radius 2 is 2.08 bits per heavy atom. The standard InChI is InChI=1S/C19H20N2O4/c1-21-9-8-12-10-14-17(25-11-24-14)18(23-2)15(12)16(21)19(22)20-13-6-4-3-5-7-13/h3-7,10,16H,8-9,11H2,1-2H3,(H,20,22)/p+1/t16-/m1/s1. The van der Waals surface area contributed by atoms with Crippen molar-refractivity contribution in [2.24, 2.45) is 0 Å². The first-order valence-corrected chi connectivity index (χ1v) is 8.36. The fraction of sp³-hybridized carbons (Fsp3) is 0.316. The SMILES string of the molecule is COc1c2c(cc3c1[C@H](C(=O)Nc1ccccc1)[NH+](C)CC3)OCO2. The number of para-hydroxylation sites is 1. The molecule has 2 atom stereocenters. The van der Waals surface area contributed by atoms with Gasteiger partial charge in [-0.2, -0.15) is 0 Å². The Kier molecular flexibility index (Phi) is 3.97. The quantitative estimate of drug-likeness (QED) is 0.880. The summed E-state index contributed by atoms with van der Waals surface area (Å²) in [7, 11) is 3.63. The van der Waals surface area contributed by atoms with Gasteiger partial charge in [0.05, 0.1) is 26.3 Å². The molecule has 25 heavy (non-hydrogen) atoms. The Morgan fingerprint density at radius 1 is 1.28 bits per heavy atom. The third-order valence-corrected chi connectivity index (χ3v) is 4.82. The highest BCUT2D eigenvalue weighted by atomic mass is 16.7. The molecule has 0 radical (unpaired) electrons. The van der Waals surface area contributed by atoms with E-state index in [0.29, 0.717) is 17.2 Å². The molecule has 0 aromatic heterocycles. The van der Waals surface area contributed by atoms with Gasteiger partial charge >= 0.3 is 0 Å². The largest absolute Gasteiger partial charge is 0.492 e. The van der Waals surface area contributed by atoms with Crippen LogP contribution < -0.4 is 24.4 Å². The Bertz CT molecular complexity index is 807. The van der Waals surface area contributed by atoms with Crippen LogP contribution >= 0.6 is 0 Å². The van der Waals surface area contributed by atoms with Gasteiger partial charge in [-0.25, -0.2) is 0 Å². The van der Waals surface area contributed by atoms with Gasteiger partial charge in [0, 0.05) is 12.1 Å². The van der Waals surface area contributed by atoms with Crippen molar-refractivity contribution in [3.05, 3.63) is 47.5 Å². The number of benzene rings is 2. The van der Waals surface area contributed by atoms with Crippen molar-refractivity contribution in [3.8, 4) is 17.2 Å². The molecule has 0 spiro atoms. The van der Waals surface area contributed by atoms with E-state index in [1.54, 1.807) is 7.11 Å². The number of nitrogens with one attached hydrogen (secondary N) is 2. The molecule has 6 heteroatoms. The molecule has 0 fully saturated rings. The van der Waals surface area contributed by atoms with Gasteiger partial charge in [-0.05, 0) is 23.8 Å². The van der Waals surface area contributed by atoms with E-state index in [2.05, 4.69) is 5.32 Å². The van der Waals surface area contributed by atoms with E-state index >= 15 is 0 Å².